The molecule has 0 radical (unpaired) electrons. The highest BCUT2D eigenvalue weighted by atomic mass is 35.5. The molecule has 0 saturated heterocycles. The van der Waals surface area contributed by atoms with Crippen molar-refractivity contribution in [2.24, 2.45) is 17.8 Å². The Morgan fingerprint density at radius 2 is 2.24 bits per heavy atom. The molecule has 110 valence electrons. The molecular formula is C17H18ClNO2. The second kappa shape index (κ2) is 6.09. The number of benzene rings is 1. The predicted molar refractivity (Wildman–Crippen MR) is 83.0 cm³/mol. The summed E-state index contributed by atoms with van der Waals surface area (Å²) < 4.78 is 0. The Morgan fingerprint density at radius 1 is 1.38 bits per heavy atom. The number of hydrogen-bond donors (Lipinski definition) is 2. The monoisotopic (exact) mass is 303 g/mol. The van der Waals surface area contributed by atoms with Gasteiger partial charge in [-0.3, -0.25) is 4.79 Å². The molecule has 0 heterocycles. The van der Waals surface area contributed by atoms with Crippen LogP contribution in [0, 0.1) is 29.6 Å². The van der Waals surface area contributed by atoms with Crippen LogP contribution in [0.2, 0.25) is 5.02 Å². The summed E-state index contributed by atoms with van der Waals surface area (Å²) in [6.45, 7) is -0.216. The predicted octanol–water partition coefficient (Wildman–Crippen LogP) is 3.06. The Labute approximate surface area is 129 Å². The molecule has 0 spiro atoms. The van der Waals surface area contributed by atoms with E-state index in [2.05, 4.69) is 17.2 Å². The molecule has 3 atom stereocenters. The average Bonchev–Trinajstić information content (AvgIpc) is 3.10. The number of aliphatic hydroxyl groups is 1. The minimum Gasteiger partial charge on any atom is -0.384 e. The molecule has 3 unspecified atom stereocenters. The van der Waals surface area contributed by atoms with Gasteiger partial charge in [-0.1, -0.05) is 29.9 Å². The van der Waals surface area contributed by atoms with Crippen LogP contribution in [-0.2, 0) is 4.79 Å². The largest absolute Gasteiger partial charge is 0.384 e. The Kier molecular flexibility index (Phi) is 4.19. The molecule has 2 N–H and O–H groups in total. The Balaban J connectivity index is 1.76. The van der Waals surface area contributed by atoms with Crippen molar-refractivity contribution in [3.8, 4) is 11.8 Å². The van der Waals surface area contributed by atoms with Gasteiger partial charge in [0.25, 0.3) is 0 Å². The molecule has 3 nitrogen and oxygen atoms in total. The van der Waals surface area contributed by atoms with Crippen LogP contribution in [0.4, 0.5) is 5.69 Å². The lowest BCUT2D eigenvalue weighted by Crippen LogP contribution is -2.27. The normalized spacial score (nSPS) is 26.3. The Bertz CT molecular complexity index is 617. The van der Waals surface area contributed by atoms with E-state index < -0.39 is 0 Å². The van der Waals surface area contributed by atoms with Crippen LogP contribution in [0.15, 0.2) is 18.2 Å². The number of carbonyl (C=O) groups is 1. The maximum atomic E-state index is 12.5. The van der Waals surface area contributed by atoms with E-state index >= 15 is 0 Å². The molecule has 0 aromatic heterocycles. The van der Waals surface area contributed by atoms with Gasteiger partial charge in [-0.25, -0.2) is 0 Å². The summed E-state index contributed by atoms with van der Waals surface area (Å²) in [7, 11) is 0. The molecule has 2 aliphatic rings. The summed E-state index contributed by atoms with van der Waals surface area (Å²) >= 11 is 5.97. The van der Waals surface area contributed by atoms with Crippen molar-refractivity contribution in [1.82, 2.24) is 0 Å². The number of nitrogens with one attached hydrogen (secondary N) is 1. The van der Waals surface area contributed by atoms with Crippen molar-refractivity contribution in [3.05, 3.63) is 28.8 Å². The lowest BCUT2D eigenvalue weighted by molar-refractivity contribution is -0.121. The van der Waals surface area contributed by atoms with Crippen molar-refractivity contribution in [3.63, 3.8) is 0 Å². The molecule has 2 fully saturated rings. The summed E-state index contributed by atoms with van der Waals surface area (Å²) in [5.41, 5.74) is 1.32. The molecule has 2 saturated carbocycles. The van der Waals surface area contributed by atoms with Gasteiger partial charge in [0.15, 0.2) is 0 Å². The first-order valence-electron chi connectivity index (χ1n) is 7.37. The quantitative estimate of drug-likeness (QED) is 0.825. The van der Waals surface area contributed by atoms with Crippen LogP contribution in [0.3, 0.4) is 0 Å². The number of carbonyl (C=O) groups excluding carboxylic acids is 1. The highest BCUT2D eigenvalue weighted by Gasteiger charge is 2.43. The molecular weight excluding hydrogens is 286 g/mol. The summed E-state index contributed by atoms with van der Waals surface area (Å²) in [6, 6.07) is 5.22. The molecule has 2 aliphatic carbocycles. The van der Waals surface area contributed by atoms with Gasteiger partial charge in [-0.05, 0) is 49.3 Å². The fourth-order valence-corrected chi connectivity index (χ4v) is 3.83. The van der Waals surface area contributed by atoms with Gasteiger partial charge in [-0.2, -0.15) is 0 Å². The lowest BCUT2D eigenvalue weighted by Gasteiger charge is -2.21. The number of fused-ring (bicyclic) bond motifs is 2. The van der Waals surface area contributed by atoms with Crippen LogP contribution in [0.25, 0.3) is 0 Å². The average molecular weight is 304 g/mol. The fraction of sp³-hybridized carbons (Fsp3) is 0.471. The van der Waals surface area contributed by atoms with Crippen LogP contribution in [0.1, 0.15) is 31.2 Å². The minimum atomic E-state index is -0.216. The van der Waals surface area contributed by atoms with E-state index in [9.17, 15) is 4.79 Å². The van der Waals surface area contributed by atoms with E-state index in [4.69, 9.17) is 16.7 Å². The highest BCUT2D eigenvalue weighted by Crippen LogP contribution is 2.48. The van der Waals surface area contributed by atoms with Crippen LogP contribution in [-0.4, -0.2) is 17.6 Å². The van der Waals surface area contributed by atoms with Gasteiger partial charge >= 0.3 is 0 Å². The first kappa shape index (κ1) is 14.4. The number of hydrogen-bond acceptors (Lipinski definition) is 2. The second-order valence-electron chi connectivity index (χ2n) is 5.92. The third-order valence-electron chi connectivity index (χ3n) is 4.62. The third-order valence-corrected chi connectivity index (χ3v) is 4.85. The van der Waals surface area contributed by atoms with E-state index in [0.717, 1.165) is 12.3 Å². The summed E-state index contributed by atoms with van der Waals surface area (Å²) in [5, 5.41) is 12.4. The van der Waals surface area contributed by atoms with E-state index in [-0.39, 0.29) is 18.4 Å². The minimum absolute atomic E-state index is 0.0940. The number of aliphatic hydroxyl groups excluding tert-OH is 1. The van der Waals surface area contributed by atoms with Crippen molar-refractivity contribution in [2.45, 2.75) is 25.7 Å². The summed E-state index contributed by atoms with van der Waals surface area (Å²) in [4.78, 5) is 12.5. The second-order valence-corrected chi connectivity index (χ2v) is 6.36. The van der Waals surface area contributed by atoms with Crippen LogP contribution in [0.5, 0.6) is 0 Å². The van der Waals surface area contributed by atoms with Crippen molar-refractivity contribution >= 4 is 23.2 Å². The number of rotatable bonds is 2. The smallest absolute Gasteiger partial charge is 0.227 e. The van der Waals surface area contributed by atoms with E-state index in [1.165, 1.54) is 19.3 Å². The fourth-order valence-electron chi connectivity index (χ4n) is 3.65. The van der Waals surface area contributed by atoms with Gasteiger partial charge < -0.3 is 10.4 Å². The third kappa shape index (κ3) is 3.07. The molecule has 1 aromatic rings. The molecule has 2 bridgehead atoms. The van der Waals surface area contributed by atoms with Gasteiger partial charge in [0.05, 0.1) is 5.69 Å². The maximum Gasteiger partial charge on any atom is 0.227 e. The van der Waals surface area contributed by atoms with E-state index in [0.29, 0.717) is 22.2 Å². The summed E-state index contributed by atoms with van der Waals surface area (Å²) in [6.07, 6.45) is 4.68. The number of amides is 1. The van der Waals surface area contributed by atoms with E-state index in [1.54, 1.807) is 18.2 Å². The zero-order chi connectivity index (χ0) is 14.8. The maximum absolute atomic E-state index is 12.5. The van der Waals surface area contributed by atoms with Crippen molar-refractivity contribution < 1.29 is 9.90 Å². The molecule has 3 rings (SSSR count). The zero-order valence-electron chi connectivity index (χ0n) is 11.7. The van der Waals surface area contributed by atoms with Crippen molar-refractivity contribution in [2.75, 3.05) is 11.9 Å². The molecule has 21 heavy (non-hydrogen) atoms. The molecule has 1 amide bonds. The first-order chi connectivity index (χ1) is 10.2. The summed E-state index contributed by atoms with van der Waals surface area (Å²) in [5.74, 6) is 6.95. The van der Waals surface area contributed by atoms with Gasteiger partial charge in [-0.15, -0.1) is 0 Å². The topological polar surface area (TPSA) is 49.3 Å². The van der Waals surface area contributed by atoms with Gasteiger partial charge in [0.2, 0.25) is 5.91 Å². The number of anilines is 1. The Hall–Kier alpha value is -1.50. The van der Waals surface area contributed by atoms with Crippen LogP contribution >= 0.6 is 11.6 Å². The number of halogens is 1. The zero-order valence-corrected chi connectivity index (χ0v) is 12.5. The highest BCUT2D eigenvalue weighted by molar-refractivity contribution is 6.30. The SMILES string of the molecule is O=C(Nc1ccc(Cl)cc1C#CCO)C1CC2CCC1C2. The standard InChI is InChI=1S/C17H18ClNO2/c18-14-5-6-16(13(10-14)2-1-7-20)19-17(21)15-9-11-3-4-12(15)8-11/h5-6,10-12,15,20H,3-4,7-9H2,(H,19,21). The van der Waals surface area contributed by atoms with Gasteiger partial charge in [0.1, 0.15) is 6.61 Å². The Morgan fingerprint density at radius 3 is 2.90 bits per heavy atom. The first-order valence-corrected chi connectivity index (χ1v) is 7.75. The molecule has 4 heteroatoms. The van der Waals surface area contributed by atoms with Crippen molar-refractivity contribution in [1.29, 1.82) is 0 Å². The lowest BCUT2D eigenvalue weighted by atomic mass is 9.88. The van der Waals surface area contributed by atoms with Gasteiger partial charge in [0, 0.05) is 16.5 Å². The van der Waals surface area contributed by atoms with Crippen LogP contribution < -0.4 is 5.32 Å². The molecule has 0 aliphatic heterocycles. The molecule has 1 aromatic carbocycles. The van der Waals surface area contributed by atoms with E-state index in [1.807, 2.05) is 0 Å².